The molecule has 0 spiro atoms. The number of benzene rings is 2. The molecule has 0 atom stereocenters. The summed E-state index contributed by atoms with van der Waals surface area (Å²) in [5, 5.41) is 0. The van der Waals surface area contributed by atoms with Crippen LogP contribution in [0.1, 0.15) is 0 Å². The molecule has 0 amide bonds. The Balaban J connectivity index is 1.93. The number of nitrogens with zero attached hydrogens (tertiary/aromatic N) is 3. The fourth-order valence-corrected chi connectivity index (χ4v) is 4.84. The Kier molecular flexibility index (Phi) is 4.49. The van der Waals surface area contributed by atoms with Gasteiger partial charge in [-0.1, -0.05) is 6.07 Å². The number of nitrogens with one attached hydrogen (secondary N) is 1. The first-order valence-electron chi connectivity index (χ1n) is 6.98. The highest BCUT2D eigenvalue weighted by molar-refractivity contribution is 7.93. The number of sulfonamides is 2. The van der Waals surface area contributed by atoms with E-state index in [0.717, 1.165) is 16.0 Å². The zero-order chi connectivity index (χ0) is 18.2. The van der Waals surface area contributed by atoms with Crippen molar-refractivity contribution in [2.75, 3.05) is 18.8 Å². The molecule has 0 unspecified atom stereocenters. The van der Waals surface area contributed by atoms with Gasteiger partial charge in [-0.3, -0.25) is 4.72 Å². The lowest BCUT2D eigenvalue weighted by Crippen LogP contribution is -2.22. The zero-order valence-electron chi connectivity index (χ0n) is 13.2. The van der Waals surface area contributed by atoms with E-state index in [-0.39, 0.29) is 15.5 Å². The molecule has 2 aromatic carbocycles. The minimum Gasteiger partial charge on any atom is -0.280 e. The lowest BCUT2D eigenvalue weighted by atomic mass is 10.3. The van der Waals surface area contributed by atoms with E-state index in [4.69, 9.17) is 0 Å². The fraction of sp³-hybridized carbons (Fsp3) is 0.143. The van der Waals surface area contributed by atoms with E-state index >= 15 is 0 Å². The van der Waals surface area contributed by atoms with Gasteiger partial charge < -0.3 is 0 Å². The highest BCUT2D eigenvalue weighted by Gasteiger charge is 2.21. The molecule has 3 aromatic rings. The highest BCUT2D eigenvalue weighted by Crippen LogP contribution is 2.24. The SMILES string of the molecule is CN(C)S(=O)(=O)c1ccc(NS(=O)(=O)c2cccc3nsnc23)cc1. The van der Waals surface area contributed by atoms with Gasteiger partial charge in [0.1, 0.15) is 15.9 Å². The van der Waals surface area contributed by atoms with E-state index in [0.29, 0.717) is 11.0 Å². The maximum absolute atomic E-state index is 12.6. The largest absolute Gasteiger partial charge is 0.280 e. The molecule has 0 aliphatic heterocycles. The second kappa shape index (κ2) is 6.33. The van der Waals surface area contributed by atoms with Gasteiger partial charge in [-0.15, -0.1) is 0 Å². The maximum Gasteiger partial charge on any atom is 0.264 e. The second-order valence-corrected chi connectivity index (χ2v) is 9.64. The van der Waals surface area contributed by atoms with Gasteiger partial charge >= 0.3 is 0 Å². The van der Waals surface area contributed by atoms with E-state index in [1.165, 1.54) is 44.4 Å². The van der Waals surface area contributed by atoms with E-state index in [1.54, 1.807) is 12.1 Å². The molecule has 25 heavy (non-hydrogen) atoms. The zero-order valence-corrected chi connectivity index (χ0v) is 15.7. The summed E-state index contributed by atoms with van der Waals surface area (Å²) >= 11 is 0.933. The Bertz CT molecular complexity index is 1120. The van der Waals surface area contributed by atoms with E-state index < -0.39 is 20.0 Å². The molecule has 1 heterocycles. The summed E-state index contributed by atoms with van der Waals surface area (Å²) in [5.41, 5.74) is 1.05. The van der Waals surface area contributed by atoms with E-state index in [2.05, 4.69) is 13.5 Å². The Morgan fingerprint density at radius 3 is 2.28 bits per heavy atom. The molecule has 0 radical (unpaired) electrons. The summed E-state index contributed by atoms with van der Waals surface area (Å²) in [6.07, 6.45) is 0. The topological polar surface area (TPSA) is 109 Å². The quantitative estimate of drug-likeness (QED) is 0.701. The molecular formula is C14H14N4O4S3. The van der Waals surface area contributed by atoms with Crippen molar-refractivity contribution in [3.63, 3.8) is 0 Å². The van der Waals surface area contributed by atoms with Crippen LogP contribution in [0, 0.1) is 0 Å². The molecule has 0 bridgehead atoms. The molecule has 11 heteroatoms. The average molecular weight is 398 g/mol. The van der Waals surface area contributed by atoms with Crippen molar-refractivity contribution in [1.82, 2.24) is 13.1 Å². The molecule has 0 saturated heterocycles. The van der Waals surface area contributed by atoms with Crippen molar-refractivity contribution in [2.45, 2.75) is 9.79 Å². The van der Waals surface area contributed by atoms with Crippen LogP contribution in [-0.2, 0) is 20.0 Å². The van der Waals surface area contributed by atoms with Crippen LogP contribution in [0.25, 0.3) is 11.0 Å². The van der Waals surface area contributed by atoms with Crippen molar-refractivity contribution < 1.29 is 16.8 Å². The molecular weight excluding hydrogens is 384 g/mol. The normalized spacial score (nSPS) is 12.6. The third-order valence-corrected chi connectivity index (χ3v) is 7.21. The third-order valence-electron chi connectivity index (χ3n) is 3.42. The molecule has 0 aliphatic carbocycles. The number of aromatic nitrogens is 2. The van der Waals surface area contributed by atoms with Gasteiger partial charge in [-0.05, 0) is 36.4 Å². The smallest absolute Gasteiger partial charge is 0.264 e. The Morgan fingerprint density at radius 1 is 0.960 bits per heavy atom. The standard InChI is InChI=1S/C14H14N4O4S3/c1-18(2)25(21,22)11-8-6-10(7-9-11)17-24(19,20)13-5-3-4-12-14(13)16-23-15-12/h3-9,17H,1-2H3. The van der Waals surface area contributed by atoms with Crippen molar-refractivity contribution in [3.8, 4) is 0 Å². The number of fused-ring (bicyclic) bond motifs is 1. The minimum atomic E-state index is -3.88. The highest BCUT2D eigenvalue weighted by atomic mass is 32.2. The van der Waals surface area contributed by atoms with Gasteiger partial charge in [0.25, 0.3) is 10.0 Å². The van der Waals surface area contributed by atoms with Gasteiger partial charge in [0, 0.05) is 19.8 Å². The predicted molar refractivity (Wildman–Crippen MR) is 95.5 cm³/mol. The summed E-state index contributed by atoms with van der Waals surface area (Å²) in [5.74, 6) is 0. The molecule has 3 rings (SSSR count). The number of hydrogen-bond acceptors (Lipinski definition) is 7. The predicted octanol–water partition coefficient (Wildman–Crippen LogP) is 1.74. The average Bonchev–Trinajstić information content (AvgIpc) is 3.03. The molecule has 0 fully saturated rings. The number of rotatable bonds is 5. The van der Waals surface area contributed by atoms with E-state index in [9.17, 15) is 16.8 Å². The molecule has 0 saturated carbocycles. The first kappa shape index (κ1) is 17.7. The fourth-order valence-electron chi connectivity index (χ4n) is 2.11. The van der Waals surface area contributed by atoms with Crippen molar-refractivity contribution in [1.29, 1.82) is 0 Å². The van der Waals surface area contributed by atoms with Crippen LogP contribution in [-0.4, -0.2) is 44.0 Å². The minimum absolute atomic E-state index is 0.0174. The molecule has 1 aromatic heterocycles. The Morgan fingerprint density at radius 2 is 1.64 bits per heavy atom. The lowest BCUT2D eigenvalue weighted by Gasteiger charge is -2.12. The number of anilines is 1. The van der Waals surface area contributed by atoms with Gasteiger partial charge in [0.15, 0.2) is 0 Å². The summed E-state index contributed by atoms with van der Waals surface area (Å²) in [6.45, 7) is 0. The molecule has 1 N–H and O–H groups in total. The van der Waals surface area contributed by atoms with Crippen LogP contribution in [0.2, 0.25) is 0 Å². The lowest BCUT2D eigenvalue weighted by molar-refractivity contribution is 0.521. The van der Waals surface area contributed by atoms with Gasteiger partial charge in [0.05, 0.1) is 16.6 Å². The second-order valence-electron chi connectivity index (χ2n) is 5.31. The summed E-state index contributed by atoms with van der Waals surface area (Å²) in [7, 11) is -4.60. The van der Waals surface area contributed by atoms with Crippen molar-refractivity contribution in [2.24, 2.45) is 0 Å². The number of hydrogen-bond donors (Lipinski definition) is 1. The van der Waals surface area contributed by atoms with Crippen LogP contribution >= 0.6 is 11.7 Å². The Hall–Kier alpha value is -2.08. The van der Waals surface area contributed by atoms with Crippen LogP contribution in [0.4, 0.5) is 5.69 Å². The van der Waals surface area contributed by atoms with Gasteiger partial charge in [-0.2, -0.15) is 8.75 Å². The van der Waals surface area contributed by atoms with Gasteiger partial charge in [-0.25, -0.2) is 21.1 Å². The van der Waals surface area contributed by atoms with Crippen molar-refractivity contribution >= 4 is 48.5 Å². The van der Waals surface area contributed by atoms with Crippen molar-refractivity contribution in [3.05, 3.63) is 42.5 Å². The molecule has 8 nitrogen and oxygen atoms in total. The van der Waals surface area contributed by atoms with Crippen LogP contribution < -0.4 is 4.72 Å². The Labute approximate surface area is 149 Å². The van der Waals surface area contributed by atoms with Crippen LogP contribution in [0.15, 0.2) is 52.3 Å². The monoisotopic (exact) mass is 398 g/mol. The van der Waals surface area contributed by atoms with E-state index in [1.807, 2.05) is 0 Å². The first-order chi connectivity index (χ1) is 11.7. The summed E-state index contributed by atoms with van der Waals surface area (Å²) in [6, 6.07) is 10.2. The molecule has 0 aliphatic rings. The summed E-state index contributed by atoms with van der Waals surface area (Å²) < 4.78 is 60.8. The maximum atomic E-state index is 12.6. The molecule has 132 valence electrons. The van der Waals surface area contributed by atoms with Crippen LogP contribution in [0.5, 0.6) is 0 Å². The summed E-state index contributed by atoms with van der Waals surface area (Å²) in [4.78, 5) is 0.0926. The van der Waals surface area contributed by atoms with Gasteiger partial charge in [0.2, 0.25) is 10.0 Å². The van der Waals surface area contributed by atoms with Crippen LogP contribution in [0.3, 0.4) is 0 Å². The third kappa shape index (κ3) is 3.35. The first-order valence-corrected chi connectivity index (χ1v) is 10.6.